The molecule has 6 nitrogen and oxygen atoms in total. The number of ether oxygens (including phenoxy) is 1. The van der Waals surface area contributed by atoms with Gasteiger partial charge in [-0.15, -0.1) is 0 Å². The molecule has 0 atom stereocenters. The van der Waals surface area contributed by atoms with Crippen LogP contribution in [0.2, 0.25) is 0 Å². The highest BCUT2D eigenvalue weighted by atomic mass is 16.5. The monoisotopic (exact) mass is 285 g/mol. The molecule has 0 saturated heterocycles. The Bertz CT molecular complexity index is 666. The molecule has 0 aliphatic heterocycles. The summed E-state index contributed by atoms with van der Waals surface area (Å²) in [7, 11) is 0. The van der Waals surface area contributed by atoms with Gasteiger partial charge in [-0.1, -0.05) is 17.3 Å². The lowest BCUT2D eigenvalue weighted by molar-refractivity contribution is -0.123. The van der Waals surface area contributed by atoms with Crippen LogP contribution in [0.1, 0.15) is 22.6 Å². The van der Waals surface area contributed by atoms with E-state index in [9.17, 15) is 4.79 Å². The van der Waals surface area contributed by atoms with Gasteiger partial charge >= 0.3 is 0 Å². The van der Waals surface area contributed by atoms with E-state index in [-0.39, 0.29) is 12.5 Å². The number of nitrogens with zero attached hydrogens (tertiary/aromatic N) is 2. The Morgan fingerprint density at radius 1 is 1.43 bits per heavy atom. The van der Waals surface area contributed by atoms with Crippen molar-refractivity contribution in [3.63, 3.8) is 0 Å². The number of carbonyl (C=O) groups is 1. The molecule has 1 heterocycles. The maximum absolute atomic E-state index is 11.8. The maximum atomic E-state index is 11.8. The van der Waals surface area contributed by atoms with E-state index in [1.54, 1.807) is 31.2 Å². The van der Waals surface area contributed by atoms with Gasteiger partial charge in [0.1, 0.15) is 17.6 Å². The molecule has 108 valence electrons. The molecule has 0 aliphatic rings. The average Bonchev–Trinajstić information content (AvgIpc) is 2.82. The lowest BCUT2D eigenvalue weighted by atomic mass is 10.2. The van der Waals surface area contributed by atoms with Gasteiger partial charge in [0.15, 0.2) is 6.61 Å². The summed E-state index contributed by atoms with van der Waals surface area (Å²) < 4.78 is 10.4. The molecule has 0 fully saturated rings. The predicted octanol–water partition coefficient (Wildman–Crippen LogP) is 1.86. The van der Waals surface area contributed by atoms with E-state index >= 15 is 0 Å². The van der Waals surface area contributed by atoms with E-state index in [2.05, 4.69) is 10.5 Å². The maximum Gasteiger partial charge on any atom is 0.258 e. The van der Waals surface area contributed by atoms with Gasteiger partial charge in [0.2, 0.25) is 0 Å². The summed E-state index contributed by atoms with van der Waals surface area (Å²) in [5.74, 6) is 0.804. The van der Waals surface area contributed by atoms with Crippen LogP contribution in [0.25, 0.3) is 0 Å². The number of aryl methyl sites for hydroxylation is 2. The molecule has 2 aromatic rings. The number of aromatic nitrogens is 1. The van der Waals surface area contributed by atoms with Crippen LogP contribution in [0.15, 0.2) is 28.8 Å². The van der Waals surface area contributed by atoms with Crippen molar-refractivity contribution in [2.45, 2.75) is 20.4 Å². The van der Waals surface area contributed by atoms with Crippen LogP contribution >= 0.6 is 0 Å². The molecule has 0 aliphatic carbocycles. The quantitative estimate of drug-likeness (QED) is 0.905. The average molecular weight is 285 g/mol. The van der Waals surface area contributed by atoms with Gasteiger partial charge < -0.3 is 14.6 Å². The highest BCUT2D eigenvalue weighted by molar-refractivity contribution is 5.77. The molecule has 1 aromatic heterocycles. The van der Waals surface area contributed by atoms with Gasteiger partial charge in [-0.05, 0) is 26.0 Å². The summed E-state index contributed by atoms with van der Waals surface area (Å²) in [6.45, 7) is 3.80. The van der Waals surface area contributed by atoms with Gasteiger partial charge in [-0.25, -0.2) is 0 Å². The van der Waals surface area contributed by atoms with Gasteiger partial charge in [-0.3, -0.25) is 4.79 Å². The Hall–Kier alpha value is -2.81. The Kier molecular flexibility index (Phi) is 4.57. The van der Waals surface area contributed by atoms with Crippen LogP contribution in [0, 0.1) is 25.2 Å². The van der Waals surface area contributed by atoms with Crippen LogP contribution in [0.3, 0.4) is 0 Å². The van der Waals surface area contributed by atoms with Crippen molar-refractivity contribution in [1.82, 2.24) is 10.5 Å². The minimum absolute atomic E-state index is 0.151. The molecule has 0 spiro atoms. The molecule has 1 aromatic carbocycles. The number of para-hydroxylation sites is 1. The van der Waals surface area contributed by atoms with Crippen LogP contribution in [-0.4, -0.2) is 17.7 Å². The number of hydrogen-bond donors (Lipinski definition) is 1. The van der Waals surface area contributed by atoms with Crippen LogP contribution in [0.5, 0.6) is 5.75 Å². The first-order valence-electron chi connectivity index (χ1n) is 6.42. The van der Waals surface area contributed by atoms with Crippen molar-refractivity contribution < 1.29 is 14.1 Å². The summed E-state index contributed by atoms with van der Waals surface area (Å²) in [5, 5.41) is 15.5. The van der Waals surface area contributed by atoms with Crippen molar-refractivity contribution in [3.8, 4) is 11.8 Å². The number of rotatable bonds is 5. The minimum atomic E-state index is -0.275. The molecular formula is C15H15N3O3. The van der Waals surface area contributed by atoms with Gasteiger partial charge in [0.05, 0.1) is 11.3 Å². The molecule has 1 N–H and O–H groups in total. The predicted molar refractivity (Wildman–Crippen MR) is 74.5 cm³/mol. The van der Waals surface area contributed by atoms with Crippen LogP contribution in [-0.2, 0) is 11.3 Å². The molecular weight excluding hydrogens is 270 g/mol. The molecule has 2 rings (SSSR count). The lowest BCUT2D eigenvalue weighted by Crippen LogP contribution is -2.28. The second-order valence-corrected chi connectivity index (χ2v) is 4.48. The number of benzene rings is 1. The summed E-state index contributed by atoms with van der Waals surface area (Å²) in [6, 6.07) is 8.79. The van der Waals surface area contributed by atoms with Crippen molar-refractivity contribution in [2.75, 3.05) is 6.61 Å². The van der Waals surface area contributed by atoms with Gasteiger partial charge in [0, 0.05) is 12.1 Å². The molecule has 0 saturated carbocycles. The number of hydrogen-bond acceptors (Lipinski definition) is 5. The normalized spacial score (nSPS) is 9.95. The largest absolute Gasteiger partial charge is 0.482 e. The van der Waals surface area contributed by atoms with E-state index in [1.165, 1.54) is 0 Å². The highest BCUT2D eigenvalue weighted by Gasteiger charge is 2.11. The number of nitriles is 1. The van der Waals surface area contributed by atoms with Gasteiger partial charge in [0.25, 0.3) is 5.91 Å². The molecule has 1 amide bonds. The van der Waals surface area contributed by atoms with E-state index < -0.39 is 0 Å². The standard InChI is InChI=1S/C15H15N3O3/c1-10-13(11(2)21-18-10)8-17-15(19)9-20-14-6-4-3-5-12(14)7-16/h3-6H,8-9H2,1-2H3,(H,17,19). The van der Waals surface area contributed by atoms with Crippen molar-refractivity contribution in [2.24, 2.45) is 0 Å². The summed E-state index contributed by atoms with van der Waals surface area (Å²) in [5.41, 5.74) is 2.01. The zero-order chi connectivity index (χ0) is 15.2. The summed E-state index contributed by atoms with van der Waals surface area (Å²) in [4.78, 5) is 11.8. The molecule has 0 radical (unpaired) electrons. The molecule has 0 unspecified atom stereocenters. The Labute approximate surface area is 122 Å². The fourth-order valence-corrected chi connectivity index (χ4v) is 1.82. The number of carbonyl (C=O) groups excluding carboxylic acids is 1. The third kappa shape index (κ3) is 3.60. The first-order valence-corrected chi connectivity index (χ1v) is 6.42. The summed E-state index contributed by atoms with van der Waals surface area (Å²) in [6.07, 6.45) is 0. The molecule has 0 bridgehead atoms. The van der Waals surface area contributed by atoms with Crippen LogP contribution < -0.4 is 10.1 Å². The van der Waals surface area contributed by atoms with E-state index in [1.807, 2.05) is 13.0 Å². The zero-order valence-corrected chi connectivity index (χ0v) is 11.8. The fraction of sp³-hybridized carbons (Fsp3) is 0.267. The van der Waals surface area contributed by atoms with Crippen molar-refractivity contribution in [1.29, 1.82) is 5.26 Å². The van der Waals surface area contributed by atoms with Gasteiger partial charge in [-0.2, -0.15) is 5.26 Å². The molecule has 21 heavy (non-hydrogen) atoms. The lowest BCUT2D eigenvalue weighted by Gasteiger charge is -2.08. The Balaban J connectivity index is 1.87. The second kappa shape index (κ2) is 6.57. The Morgan fingerprint density at radius 3 is 2.86 bits per heavy atom. The minimum Gasteiger partial charge on any atom is -0.482 e. The Morgan fingerprint density at radius 2 is 2.19 bits per heavy atom. The zero-order valence-electron chi connectivity index (χ0n) is 11.8. The topological polar surface area (TPSA) is 88.2 Å². The third-order valence-corrected chi connectivity index (χ3v) is 3.01. The smallest absolute Gasteiger partial charge is 0.258 e. The van der Waals surface area contributed by atoms with Crippen molar-refractivity contribution in [3.05, 3.63) is 46.8 Å². The second-order valence-electron chi connectivity index (χ2n) is 4.48. The molecule has 6 heteroatoms. The number of amides is 1. The first kappa shape index (κ1) is 14.6. The SMILES string of the molecule is Cc1noc(C)c1CNC(=O)COc1ccccc1C#N. The van der Waals surface area contributed by atoms with Crippen LogP contribution in [0.4, 0.5) is 0 Å². The first-order chi connectivity index (χ1) is 10.1. The van der Waals surface area contributed by atoms with E-state index in [0.29, 0.717) is 23.6 Å². The van der Waals surface area contributed by atoms with E-state index in [0.717, 1.165) is 11.3 Å². The third-order valence-electron chi connectivity index (χ3n) is 3.01. The van der Waals surface area contributed by atoms with Crippen molar-refractivity contribution >= 4 is 5.91 Å². The fourth-order valence-electron chi connectivity index (χ4n) is 1.82. The highest BCUT2D eigenvalue weighted by Crippen LogP contribution is 2.16. The van der Waals surface area contributed by atoms with E-state index in [4.69, 9.17) is 14.5 Å². The number of nitrogens with one attached hydrogen (secondary N) is 1. The summed E-state index contributed by atoms with van der Waals surface area (Å²) >= 11 is 0.